The Hall–Kier alpha value is -3.81. The van der Waals surface area contributed by atoms with Gasteiger partial charge in [-0.15, -0.1) is 0 Å². The van der Waals surface area contributed by atoms with Gasteiger partial charge in [0.15, 0.2) is 5.78 Å². The van der Waals surface area contributed by atoms with Gasteiger partial charge in [0.1, 0.15) is 5.75 Å². The summed E-state index contributed by atoms with van der Waals surface area (Å²) < 4.78 is 18.5. The van der Waals surface area contributed by atoms with Crippen molar-refractivity contribution < 1.29 is 53.8 Å². The van der Waals surface area contributed by atoms with Gasteiger partial charge in [-0.25, -0.2) is 0 Å². The van der Waals surface area contributed by atoms with Crippen LogP contribution in [0.4, 0.5) is 0 Å². The Balaban J connectivity index is 1.31. The van der Waals surface area contributed by atoms with E-state index >= 15 is 0 Å². The topological polar surface area (TPSA) is 189 Å². The number of amides is 1. The number of phenolic OH excluding ortho intramolecular Hbond substituents is 2. The molecule has 0 bridgehead atoms. The van der Waals surface area contributed by atoms with Crippen LogP contribution in [0.15, 0.2) is 42.5 Å². The summed E-state index contributed by atoms with van der Waals surface area (Å²) in [5, 5.41) is 49.2. The quantitative estimate of drug-likeness (QED) is 0.131. The molecule has 1 aliphatic heterocycles. The van der Waals surface area contributed by atoms with E-state index in [1.165, 1.54) is 32.2 Å². The molecule has 14 heteroatoms. The zero-order valence-corrected chi connectivity index (χ0v) is 29.2. The number of aliphatic hydroxyl groups excluding tert-OH is 1. The van der Waals surface area contributed by atoms with E-state index < -0.39 is 82.6 Å². The molecule has 1 heterocycles. The summed E-state index contributed by atoms with van der Waals surface area (Å²) in [6.07, 6.45) is -5.28. The molecule has 1 saturated heterocycles. The van der Waals surface area contributed by atoms with Crippen LogP contribution in [0.2, 0.25) is 10.3 Å². The summed E-state index contributed by atoms with van der Waals surface area (Å²) in [4.78, 5) is 53.2. The van der Waals surface area contributed by atoms with Gasteiger partial charge >= 0.3 is 231 Å². The minimum atomic E-state index is -2.07. The average molecular weight is 759 g/mol. The zero-order valence-electron chi connectivity index (χ0n) is 26.7. The molecule has 49 heavy (non-hydrogen) atoms. The molecule has 5 N–H and O–H groups in total. The molecule has 3 aromatic rings. The van der Waals surface area contributed by atoms with Crippen LogP contribution in [0.3, 0.4) is 0 Å². The number of halogens is 1. The van der Waals surface area contributed by atoms with E-state index in [1.807, 2.05) is 12.1 Å². The standard InChI is InChI=1S/C35H34ClNO11Se/c1-15-30(40)21(37-24(39)14-49-18-9-7-17(36)8-10-18)11-25(47-15)48-23-13-35(45,16(2)38)12-20-27(23)34(44)29-28(32(20)42)31(41)19-5-4-6-22(46-3)26(19)33(29)43/h4-10,15,21,23,25,30,40,42,44-45H,11-14H2,1-3H3,(H,37,39)/t15-,21-,23-,25-,30-,35-/m0/s1. The van der Waals surface area contributed by atoms with Gasteiger partial charge in [0.25, 0.3) is 0 Å². The molecule has 0 spiro atoms. The van der Waals surface area contributed by atoms with Crippen LogP contribution in [0.5, 0.6) is 17.2 Å². The molecule has 3 aliphatic rings. The summed E-state index contributed by atoms with van der Waals surface area (Å²) >= 11 is 5.75. The molecule has 0 radical (unpaired) electrons. The Morgan fingerprint density at radius 2 is 1.76 bits per heavy atom. The molecule has 12 nitrogen and oxygen atoms in total. The van der Waals surface area contributed by atoms with E-state index in [4.69, 9.17) is 25.8 Å². The number of ether oxygens (including phenoxy) is 3. The maximum absolute atomic E-state index is 13.9. The molecule has 6 atom stereocenters. The molecule has 258 valence electrons. The number of carbonyl (C=O) groups excluding carboxylic acids is 4. The van der Waals surface area contributed by atoms with Crippen molar-refractivity contribution in [1.29, 1.82) is 0 Å². The molecule has 1 fully saturated rings. The molecular formula is C35H34ClNO11Se. The Morgan fingerprint density at radius 1 is 1.06 bits per heavy atom. The molecule has 0 unspecified atom stereocenters. The van der Waals surface area contributed by atoms with Gasteiger partial charge < -0.3 is 4.74 Å². The normalized spacial score (nSPS) is 26.0. The minimum absolute atomic E-state index is 0.0393. The van der Waals surface area contributed by atoms with Crippen molar-refractivity contribution >= 4 is 54.3 Å². The number of hydrogen-bond acceptors (Lipinski definition) is 11. The Kier molecular flexibility index (Phi) is 9.64. The number of hydrogen-bond donors (Lipinski definition) is 5. The number of Topliss-reactive ketones (excluding diaryl/α,β-unsaturated/α-hetero) is 1. The van der Waals surface area contributed by atoms with Crippen molar-refractivity contribution in [1.82, 2.24) is 5.32 Å². The monoisotopic (exact) mass is 759 g/mol. The summed E-state index contributed by atoms with van der Waals surface area (Å²) in [7, 11) is 1.33. The number of rotatable bonds is 8. The van der Waals surface area contributed by atoms with Crippen molar-refractivity contribution in [3.63, 3.8) is 0 Å². The maximum atomic E-state index is 13.9. The predicted octanol–water partition coefficient (Wildman–Crippen LogP) is 2.29. The first kappa shape index (κ1) is 35.0. The fourth-order valence-electron chi connectivity index (χ4n) is 6.70. The molecular weight excluding hydrogens is 725 g/mol. The number of methoxy groups -OCH3 is 1. The van der Waals surface area contributed by atoms with Gasteiger partial charge in [0.2, 0.25) is 0 Å². The molecule has 1 amide bonds. The van der Waals surface area contributed by atoms with Crippen LogP contribution in [0, 0.1) is 0 Å². The van der Waals surface area contributed by atoms with Crippen molar-refractivity contribution in [3.8, 4) is 17.2 Å². The predicted molar refractivity (Wildman–Crippen MR) is 176 cm³/mol. The van der Waals surface area contributed by atoms with E-state index in [0.29, 0.717) is 5.02 Å². The molecule has 3 aromatic carbocycles. The first-order valence-corrected chi connectivity index (χ1v) is 18.0. The van der Waals surface area contributed by atoms with E-state index in [1.54, 1.807) is 19.1 Å². The van der Waals surface area contributed by atoms with Crippen LogP contribution in [-0.4, -0.2) is 95.9 Å². The number of aliphatic hydroxyl groups is 2. The number of ketones is 3. The number of benzene rings is 3. The Bertz CT molecular complexity index is 1870. The van der Waals surface area contributed by atoms with Crippen molar-refractivity contribution in [2.24, 2.45) is 0 Å². The zero-order chi connectivity index (χ0) is 35.4. The van der Waals surface area contributed by atoms with E-state index in [-0.39, 0.29) is 67.0 Å². The fourth-order valence-corrected chi connectivity index (χ4v) is 8.31. The van der Waals surface area contributed by atoms with Gasteiger partial charge in [-0.2, -0.15) is 0 Å². The second kappa shape index (κ2) is 13.5. The van der Waals surface area contributed by atoms with Crippen LogP contribution < -0.4 is 14.5 Å². The summed E-state index contributed by atoms with van der Waals surface area (Å²) in [6.45, 7) is 2.76. The second-order valence-corrected chi connectivity index (χ2v) is 15.0. The third kappa shape index (κ3) is 6.36. The van der Waals surface area contributed by atoms with Gasteiger partial charge in [0, 0.05) is 5.56 Å². The summed E-state index contributed by atoms with van der Waals surface area (Å²) in [5.41, 5.74) is -3.33. The van der Waals surface area contributed by atoms with Gasteiger partial charge in [-0.3, -0.25) is 9.59 Å². The van der Waals surface area contributed by atoms with Crippen LogP contribution in [0.25, 0.3) is 0 Å². The summed E-state index contributed by atoms with van der Waals surface area (Å²) in [5.74, 6) is -3.67. The van der Waals surface area contributed by atoms with E-state index in [9.17, 15) is 39.6 Å². The Labute approximate surface area is 292 Å². The molecule has 0 aromatic heterocycles. The van der Waals surface area contributed by atoms with Crippen LogP contribution in [-0.2, 0) is 25.5 Å². The van der Waals surface area contributed by atoms with Crippen molar-refractivity contribution in [2.45, 2.75) is 74.7 Å². The van der Waals surface area contributed by atoms with Gasteiger partial charge in [0.05, 0.1) is 12.7 Å². The number of carbonyl (C=O) groups is 4. The van der Waals surface area contributed by atoms with E-state index in [2.05, 4.69) is 5.32 Å². The first-order chi connectivity index (χ1) is 23.2. The number of fused-ring (bicyclic) bond motifs is 3. The van der Waals surface area contributed by atoms with Gasteiger partial charge in [-0.05, 0) is 6.07 Å². The first-order valence-electron chi connectivity index (χ1n) is 15.5. The number of nitrogens with one attached hydrogen (secondary N) is 1. The summed E-state index contributed by atoms with van der Waals surface area (Å²) in [6, 6.07) is 10.8. The van der Waals surface area contributed by atoms with Crippen LogP contribution >= 0.6 is 11.6 Å². The molecule has 6 rings (SSSR count). The number of phenols is 2. The van der Waals surface area contributed by atoms with E-state index in [0.717, 1.165) is 4.46 Å². The SMILES string of the molecule is COc1cccc2c1C(=O)c1c(O)c3c(c(O)c1C2=O)C[C@@](O)(C(C)=O)C[C@@H]3O[C@H]1C[C@H](NC(=O)C[Se]c2ccc(Cl)cc2)[C@@H](O)[C@H](C)O1. The number of aromatic hydroxyl groups is 2. The third-order valence-electron chi connectivity index (χ3n) is 9.28. The fraction of sp³-hybridized carbons (Fsp3) is 0.371. The Morgan fingerprint density at radius 3 is 2.43 bits per heavy atom. The second-order valence-electron chi connectivity index (χ2n) is 12.4. The molecule has 0 saturated carbocycles. The average Bonchev–Trinajstić information content (AvgIpc) is 3.06. The van der Waals surface area contributed by atoms with Crippen molar-refractivity contribution in [3.05, 3.63) is 80.9 Å². The van der Waals surface area contributed by atoms with Gasteiger partial charge in [-0.1, -0.05) is 12.1 Å². The van der Waals surface area contributed by atoms with Crippen LogP contribution in [0.1, 0.15) is 75.8 Å². The third-order valence-corrected chi connectivity index (χ3v) is 11.7. The molecule has 2 aliphatic carbocycles. The van der Waals surface area contributed by atoms with Crippen molar-refractivity contribution in [2.75, 3.05) is 7.11 Å².